The van der Waals surface area contributed by atoms with E-state index in [1.54, 1.807) is 0 Å². The molecule has 18 heavy (non-hydrogen) atoms. The van der Waals surface area contributed by atoms with Gasteiger partial charge in [0.15, 0.2) is 5.41 Å². The van der Waals surface area contributed by atoms with Crippen molar-refractivity contribution in [2.45, 2.75) is 32.1 Å². The van der Waals surface area contributed by atoms with E-state index in [9.17, 15) is 9.59 Å². The Kier molecular flexibility index (Phi) is 3.73. The van der Waals surface area contributed by atoms with Gasteiger partial charge in [-0.25, -0.2) is 0 Å². The first kappa shape index (κ1) is 13.1. The summed E-state index contributed by atoms with van der Waals surface area (Å²) in [6, 6.07) is 0. The highest BCUT2D eigenvalue weighted by atomic mass is 16.5. The zero-order chi connectivity index (χ0) is 13.2. The van der Waals surface area contributed by atoms with Crippen LogP contribution < -0.4 is 0 Å². The number of carbonyl (C=O) groups excluding carboxylic acids is 2. The van der Waals surface area contributed by atoms with Gasteiger partial charge >= 0.3 is 11.9 Å². The van der Waals surface area contributed by atoms with E-state index in [1.807, 2.05) is 0 Å². The van der Waals surface area contributed by atoms with Crippen LogP contribution in [0.5, 0.6) is 0 Å². The van der Waals surface area contributed by atoms with Crippen LogP contribution in [0.1, 0.15) is 32.1 Å². The third kappa shape index (κ3) is 2.04. The van der Waals surface area contributed by atoms with E-state index < -0.39 is 17.4 Å². The van der Waals surface area contributed by atoms with Crippen molar-refractivity contribution >= 4 is 11.9 Å². The van der Waals surface area contributed by atoms with E-state index in [4.69, 9.17) is 9.47 Å². The molecule has 2 atom stereocenters. The quantitative estimate of drug-likeness (QED) is 0.429. The summed E-state index contributed by atoms with van der Waals surface area (Å²) in [5, 5.41) is 0. The molecule has 2 aliphatic rings. The highest BCUT2D eigenvalue weighted by Gasteiger charge is 2.56. The van der Waals surface area contributed by atoms with Crippen molar-refractivity contribution in [3.05, 3.63) is 12.2 Å². The van der Waals surface area contributed by atoms with Crippen LogP contribution in [0, 0.1) is 17.3 Å². The Morgan fingerprint density at radius 3 is 2.28 bits per heavy atom. The van der Waals surface area contributed by atoms with Gasteiger partial charge in [-0.3, -0.25) is 9.59 Å². The highest BCUT2D eigenvalue weighted by Crippen LogP contribution is 2.51. The molecular formula is C14H20O4. The fraction of sp³-hybridized carbons (Fsp3) is 0.714. The van der Waals surface area contributed by atoms with Crippen LogP contribution >= 0.6 is 0 Å². The molecule has 4 nitrogen and oxygen atoms in total. The lowest BCUT2D eigenvalue weighted by Crippen LogP contribution is -2.39. The minimum absolute atomic E-state index is 0.391. The molecular weight excluding hydrogens is 232 g/mol. The minimum atomic E-state index is -1.07. The molecule has 2 rings (SSSR count). The topological polar surface area (TPSA) is 52.6 Å². The predicted molar refractivity (Wildman–Crippen MR) is 65.7 cm³/mol. The smallest absolute Gasteiger partial charge is 0.323 e. The van der Waals surface area contributed by atoms with Gasteiger partial charge in [-0.05, 0) is 43.9 Å². The van der Waals surface area contributed by atoms with Crippen LogP contribution in [-0.4, -0.2) is 26.2 Å². The molecule has 100 valence electrons. The summed E-state index contributed by atoms with van der Waals surface area (Å²) in [5.74, 6) is -0.0713. The van der Waals surface area contributed by atoms with Gasteiger partial charge in [0.2, 0.25) is 0 Å². The van der Waals surface area contributed by atoms with Crippen molar-refractivity contribution in [2.75, 3.05) is 14.2 Å². The van der Waals surface area contributed by atoms with Crippen molar-refractivity contribution in [3.8, 4) is 0 Å². The van der Waals surface area contributed by atoms with Crippen LogP contribution in [-0.2, 0) is 19.1 Å². The summed E-state index contributed by atoms with van der Waals surface area (Å²) in [4.78, 5) is 24.0. The molecule has 0 aromatic heterocycles. The molecule has 0 aliphatic heterocycles. The lowest BCUT2D eigenvalue weighted by molar-refractivity contribution is -0.169. The number of hydrogen-bond donors (Lipinski definition) is 0. The van der Waals surface area contributed by atoms with Crippen molar-refractivity contribution in [3.63, 3.8) is 0 Å². The Labute approximate surface area is 107 Å². The summed E-state index contributed by atoms with van der Waals surface area (Å²) < 4.78 is 9.68. The van der Waals surface area contributed by atoms with Gasteiger partial charge in [0.05, 0.1) is 14.2 Å². The molecule has 0 radical (unpaired) electrons. The van der Waals surface area contributed by atoms with Crippen LogP contribution in [0.3, 0.4) is 0 Å². The first-order chi connectivity index (χ1) is 8.64. The normalized spacial score (nSPS) is 29.2. The molecule has 0 aromatic rings. The molecule has 0 amide bonds. The van der Waals surface area contributed by atoms with Gasteiger partial charge in [-0.15, -0.1) is 0 Å². The largest absolute Gasteiger partial charge is 0.468 e. The summed E-state index contributed by atoms with van der Waals surface area (Å²) in [6.07, 6.45) is 8.49. The number of methoxy groups -OCH3 is 2. The van der Waals surface area contributed by atoms with Crippen LogP contribution in [0.2, 0.25) is 0 Å². The number of carbonyl (C=O) groups is 2. The predicted octanol–water partition coefficient (Wildman–Crippen LogP) is 2.09. The SMILES string of the molecule is COC(=O)C1(C(=O)OC)C[C@H]2CC=CCC[C@H]2C1. The molecule has 4 heteroatoms. The van der Waals surface area contributed by atoms with Crippen molar-refractivity contribution in [2.24, 2.45) is 17.3 Å². The van der Waals surface area contributed by atoms with Gasteiger partial charge in [0.25, 0.3) is 0 Å². The second-order valence-electron chi connectivity index (χ2n) is 5.28. The van der Waals surface area contributed by atoms with Gasteiger partial charge in [0.1, 0.15) is 0 Å². The van der Waals surface area contributed by atoms with Crippen molar-refractivity contribution < 1.29 is 19.1 Å². The maximum absolute atomic E-state index is 12.0. The average Bonchev–Trinajstić information content (AvgIpc) is 2.64. The number of rotatable bonds is 2. The third-order valence-electron chi connectivity index (χ3n) is 4.35. The fourth-order valence-electron chi connectivity index (χ4n) is 3.43. The summed E-state index contributed by atoms with van der Waals surface area (Å²) in [6.45, 7) is 0. The van der Waals surface area contributed by atoms with E-state index in [0.717, 1.165) is 19.3 Å². The molecule has 0 spiro atoms. The first-order valence-electron chi connectivity index (χ1n) is 6.46. The number of esters is 2. The number of ether oxygens (including phenoxy) is 2. The molecule has 0 heterocycles. The maximum atomic E-state index is 12.0. The lowest BCUT2D eigenvalue weighted by Gasteiger charge is -2.23. The summed E-state index contributed by atoms with van der Waals surface area (Å²) in [7, 11) is 2.67. The molecule has 0 aromatic carbocycles. The Morgan fingerprint density at radius 1 is 1.06 bits per heavy atom. The fourth-order valence-corrected chi connectivity index (χ4v) is 3.43. The second-order valence-corrected chi connectivity index (χ2v) is 5.28. The maximum Gasteiger partial charge on any atom is 0.323 e. The van der Waals surface area contributed by atoms with Crippen molar-refractivity contribution in [1.29, 1.82) is 0 Å². The molecule has 1 fully saturated rings. The third-order valence-corrected chi connectivity index (χ3v) is 4.35. The average molecular weight is 252 g/mol. The van der Waals surface area contributed by atoms with Gasteiger partial charge < -0.3 is 9.47 Å². The Balaban J connectivity index is 2.25. The first-order valence-corrected chi connectivity index (χ1v) is 6.46. The van der Waals surface area contributed by atoms with E-state index in [0.29, 0.717) is 24.7 Å². The standard InChI is InChI=1S/C14H20O4/c1-17-12(15)14(13(16)18-2)8-10-6-4-3-5-7-11(10)9-14/h3-4,10-11H,5-9H2,1-2H3/t10-,11+/m1/s1. The number of fused-ring (bicyclic) bond motifs is 1. The zero-order valence-corrected chi connectivity index (χ0v) is 11.0. The molecule has 1 saturated carbocycles. The minimum Gasteiger partial charge on any atom is -0.468 e. The zero-order valence-electron chi connectivity index (χ0n) is 11.0. The highest BCUT2D eigenvalue weighted by molar-refractivity contribution is 6.00. The van der Waals surface area contributed by atoms with Crippen LogP contribution in [0.4, 0.5) is 0 Å². The van der Waals surface area contributed by atoms with Crippen LogP contribution in [0.25, 0.3) is 0 Å². The van der Waals surface area contributed by atoms with E-state index in [2.05, 4.69) is 12.2 Å². The monoisotopic (exact) mass is 252 g/mol. The number of allylic oxidation sites excluding steroid dienone is 2. The number of hydrogen-bond acceptors (Lipinski definition) is 4. The summed E-state index contributed by atoms with van der Waals surface area (Å²) >= 11 is 0. The second kappa shape index (κ2) is 5.12. The molecule has 0 unspecified atom stereocenters. The van der Waals surface area contributed by atoms with Gasteiger partial charge in [-0.2, -0.15) is 0 Å². The van der Waals surface area contributed by atoms with Crippen molar-refractivity contribution in [1.82, 2.24) is 0 Å². The lowest BCUT2D eigenvalue weighted by atomic mass is 9.84. The summed E-state index contributed by atoms with van der Waals surface area (Å²) in [5.41, 5.74) is -1.07. The van der Waals surface area contributed by atoms with E-state index in [1.165, 1.54) is 14.2 Å². The Hall–Kier alpha value is -1.32. The molecule has 2 aliphatic carbocycles. The molecule has 0 saturated heterocycles. The Morgan fingerprint density at radius 2 is 1.67 bits per heavy atom. The van der Waals surface area contributed by atoms with Gasteiger partial charge in [0, 0.05) is 0 Å². The Bertz CT molecular complexity index is 356. The molecule has 0 bridgehead atoms. The molecule has 0 N–H and O–H groups in total. The van der Waals surface area contributed by atoms with E-state index in [-0.39, 0.29) is 0 Å². The van der Waals surface area contributed by atoms with Crippen LogP contribution in [0.15, 0.2) is 12.2 Å². The van der Waals surface area contributed by atoms with E-state index >= 15 is 0 Å². The van der Waals surface area contributed by atoms with Gasteiger partial charge in [-0.1, -0.05) is 12.2 Å².